The molecule has 1 heterocycles. The topological polar surface area (TPSA) is 56.0 Å². The molecule has 3 aromatic rings. The summed E-state index contributed by atoms with van der Waals surface area (Å²) in [5.74, 6) is -0.338. The van der Waals surface area contributed by atoms with E-state index in [2.05, 4.69) is 44.1 Å². The van der Waals surface area contributed by atoms with Gasteiger partial charge in [0.15, 0.2) is 0 Å². The highest BCUT2D eigenvalue weighted by Gasteiger charge is 2.19. The first-order chi connectivity index (χ1) is 13.5. The monoisotopic (exact) mass is 505 g/mol. The highest BCUT2D eigenvalue weighted by atomic mass is 79.9. The Morgan fingerprint density at radius 3 is 2.46 bits per heavy atom. The number of benzene rings is 2. The number of hydrogen-bond acceptors (Lipinski definition) is 2. The largest absolute Gasteiger partial charge is 0.352 e. The van der Waals surface area contributed by atoms with Crippen LogP contribution in [-0.4, -0.2) is 21.8 Å². The summed E-state index contributed by atoms with van der Waals surface area (Å²) in [6.07, 6.45) is 3.49. The third kappa shape index (κ3) is 4.64. The van der Waals surface area contributed by atoms with Crippen molar-refractivity contribution >= 4 is 37.8 Å². The highest BCUT2D eigenvalue weighted by molar-refractivity contribution is 9.10. The van der Waals surface area contributed by atoms with Crippen molar-refractivity contribution in [2.75, 3.05) is 6.54 Å². The average molecular weight is 507 g/mol. The van der Waals surface area contributed by atoms with Crippen LogP contribution in [0.4, 0.5) is 0 Å². The lowest BCUT2D eigenvalue weighted by molar-refractivity contribution is 0.0952. The van der Waals surface area contributed by atoms with Gasteiger partial charge in [-0.05, 0) is 42.3 Å². The van der Waals surface area contributed by atoms with E-state index in [-0.39, 0.29) is 17.0 Å². The Bertz CT molecular complexity index is 1020. The maximum atomic E-state index is 13.1. The number of unbranched alkanes of at least 4 members (excludes halogenated alkanes) is 1. The zero-order valence-electron chi connectivity index (χ0n) is 15.5. The van der Waals surface area contributed by atoms with Crippen LogP contribution >= 0.6 is 31.9 Å². The molecule has 146 valence electrons. The molecule has 0 saturated heterocycles. The Morgan fingerprint density at radius 2 is 1.79 bits per heavy atom. The summed E-state index contributed by atoms with van der Waals surface area (Å²) in [6.45, 7) is 3.07. The molecule has 0 fully saturated rings. The van der Waals surface area contributed by atoms with E-state index < -0.39 is 0 Å². The van der Waals surface area contributed by atoms with Crippen molar-refractivity contribution in [1.82, 2.24) is 14.7 Å². The van der Waals surface area contributed by atoms with E-state index in [4.69, 9.17) is 0 Å². The molecule has 3 rings (SSSR count). The molecule has 0 atom stereocenters. The molecule has 0 aliphatic carbocycles. The minimum atomic E-state index is -0.338. The summed E-state index contributed by atoms with van der Waals surface area (Å²) >= 11 is 6.97. The summed E-state index contributed by atoms with van der Waals surface area (Å²) < 4.78 is 5.19. The van der Waals surface area contributed by atoms with Gasteiger partial charge < -0.3 is 5.32 Å². The minimum Gasteiger partial charge on any atom is -0.352 e. The second-order valence-electron chi connectivity index (χ2n) is 6.43. The fourth-order valence-electron chi connectivity index (χ4n) is 2.89. The van der Waals surface area contributed by atoms with Crippen molar-refractivity contribution < 1.29 is 4.79 Å². The molecule has 1 aromatic heterocycles. The standard InChI is InChI=1S/C21H21Br2N3O2/c1-2-3-12-24-20(27)18-14-25(13-15-6-4-5-7-19(15)23)26(21(18)28)17-10-8-16(22)9-11-17/h4-11,14H,2-3,12-13H2,1H3,(H,24,27). The van der Waals surface area contributed by atoms with Crippen LogP contribution in [-0.2, 0) is 6.54 Å². The molecule has 0 radical (unpaired) electrons. The first-order valence-electron chi connectivity index (χ1n) is 9.11. The van der Waals surface area contributed by atoms with Gasteiger partial charge in [-0.2, -0.15) is 0 Å². The molecule has 0 spiro atoms. The van der Waals surface area contributed by atoms with Crippen molar-refractivity contribution in [3.8, 4) is 5.69 Å². The van der Waals surface area contributed by atoms with Gasteiger partial charge in [-0.3, -0.25) is 14.3 Å². The Labute approximate surface area is 180 Å². The predicted molar refractivity (Wildman–Crippen MR) is 118 cm³/mol. The van der Waals surface area contributed by atoms with E-state index >= 15 is 0 Å². The molecule has 28 heavy (non-hydrogen) atoms. The number of nitrogens with one attached hydrogen (secondary N) is 1. The summed E-state index contributed by atoms with van der Waals surface area (Å²) in [5.41, 5.74) is 1.53. The molecule has 1 N–H and O–H groups in total. The van der Waals surface area contributed by atoms with Crippen LogP contribution in [0.25, 0.3) is 5.69 Å². The van der Waals surface area contributed by atoms with Crippen molar-refractivity contribution in [2.45, 2.75) is 26.3 Å². The number of amides is 1. The number of carbonyl (C=O) groups excluding carboxylic acids is 1. The molecular formula is C21H21Br2N3O2. The van der Waals surface area contributed by atoms with Gasteiger partial charge in [0.25, 0.3) is 11.5 Å². The smallest absolute Gasteiger partial charge is 0.284 e. The normalized spacial score (nSPS) is 10.8. The number of aromatic nitrogens is 2. The molecule has 2 aromatic carbocycles. The molecule has 0 bridgehead atoms. The van der Waals surface area contributed by atoms with Gasteiger partial charge in [-0.25, -0.2) is 4.68 Å². The molecular weight excluding hydrogens is 486 g/mol. The average Bonchev–Trinajstić information content (AvgIpc) is 3.00. The zero-order chi connectivity index (χ0) is 20.1. The predicted octanol–water partition coefficient (Wildman–Crippen LogP) is 4.74. The van der Waals surface area contributed by atoms with Crippen molar-refractivity contribution in [3.63, 3.8) is 0 Å². The van der Waals surface area contributed by atoms with Crippen LogP contribution in [0.3, 0.4) is 0 Å². The van der Waals surface area contributed by atoms with Gasteiger partial charge in [-0.1, -0.05) is 63.4 Å². The summed E-state index contributed by atoms with van der Waals surface area (Å²) in [5, 5.41) is 2.83. The molecule has 0 unspecified atom stereocenters. The van der Waals surface area contributed by atoms with Gasteiger partial charge in [-0.15, -0.1) is 0 Å². The first-order valence-corrected chi connectivity index (χ1v) is 10.7. The maximum Gasteiger partial charge on any atom is 0.284 e. The number of halogens is 2. The van der Waals surface area contributed by atoms with Gasteiger partial charge >= 0.3 is 0 Å². The van der Waals surface area contributed by atoms with E-state index in [1.807, 2.05) is 48.5 Å². The fraction of sp³-hybridized carbons (Fsp3) is 0.238. The third-order valence-corrected chi connectivity index (χ3v) is 5.68. The van der Waals surface area contributed by atoms with Crippen LogP contribution in [0.15, 0.2) is 68.5 Å². The number of carbonyl (C=O) groups is 1. The van der Waals surface area contributed by atoms with Crippen molar-refractivity contribution in [1.29, 1.82) is 0 Å². The number of rotatable bonds is 7. The van der Waals surface area contributed by atoms with Crippen LogP contribution in [0.1, 0.15) is 35.7 Å². The third-order valence-electron chi connectivity index (χ3n) is 4.38. The minimum absolute atomic E-state index is 0.145. The van der Waals surface area contributed by atoms with Crippen LogP contribution in [0.5, 0.6) is 0 Å². The van der Waals surface area contributed by atoms with E-state index in [0.717, 1.165) is 27.4 Å². The Hall–Kier alpha value is -2.12. The zero-order valence-corrected chi connectivity index (χ0v) is 18.7. The van der Waals surface area contributed by atoms with Gasteiger partial charge in [0.1, 0.15) is 5.56 Å². The molecule has 0 aliphatic heterocycles. The summed E-state index contributed by atoms with van der Waals surface area (Å²) in [4.78, 5) is 25.6. The fourth-order valence-corrected chi connectivity index (χ4v) is 3.56. The molecule has 7 heteroatoms. The van der Waals surface area contributed by atoms with E-state index in [1.54, 1.807) is 15.6 Å². The lowest BCUT2D eigenvalue weighted by Crippen LogP contribution is -2.30. The molecule has 1 amide bonds. The lowest BCUT2D eigenvalue weighted by Gasteiger charge is -2.13. The van der Waals surface area contributed by atoms with E-state index in [1.165, 1.54) is 0 Å². The second kappa shape index (κ2) is 9.39. The van der Waals surface area contributed by atoms with Crippen LogP contribution < -0.4 is 10.9 Å². The number of nitrogens with zero attached hydrogens (tertiary/aromatic N) is 2. The summed E-state index contributed by atoms with van der Waals surface area (Å²) in [7, 11) is 0. The first kappa shape index (κ1) is 20.6. The van der Waals surface area contributed by atoms with Gasteiger partial charge in [0.2, 0.25) is 0 Å². The second-order valence-corrected chi connectivity index (χ2v) is 8.20. The highest BCUT2D eigenvalue weighted by Crippen LogP contribution is 2.19. The maximum absolute atomic E-state index is 13.1. The molecule has 0 aliphatic rings. The SMILES string of the molecule is CCCCNC(=O)c1cn(Cc2ccccc2Br)n(-c2ccc(Br)cc2)c1=O. The van der Waals surface area contributed by atoms with Crippen LogP contribution in [0, 0.1) is 0 Å². The van der Waals surface area contributed by atoms with Crippen molar-refractivity contribution in [3.05, 3.63) is 85.2 Å². The van der Waals surface area contributed by atoms with Crippen LogP contribution in [0.2, 0.25) is 0 Å². The van der Waals surface area contributed by atoms with Crippen molar-refractivity contribution in [2.24, 2.45) is 0 Å². The molecule has 0 saturated carbocycles. The quantitative estimate of drug-likeness (QED) is 0.470. The molecule has 5 nitrogen and oxygen atoms in total. The Morgan fingerprint density at radius 1 is 1.07 bits per heavy atom. The Balaban J connectivity index is 2.04. The van der Waals surface area contributed by atoms with Gasteiger partial charge in [0.05, 0.1) is 12.2 Å². The van der Waals surface area contributed by atoms with E-state index in [9.17, 15) is 9.59 Å². The Kier molecular flexibility index (Phi) is 6.91. The summed E-state index contributed by atoms with van der Waals surface area (Å²) in [6, 6.07) is 15.3. The number of hydrogen-bond donors (Lipinski definition) is 1. The van der Waals surface area contributed by atoms with E-state index in [0.29, 0.717) is 18.8 Å². The van der Waals surface area contributed by atoms with Gasteiger partial charge in [0, 0.05) is 21.7 Å². The lowest BCUT2D eigenvalue weighted by atomic mass is 10.2.